The number of aliphatic hydroxyl groups is 2. The maximum Gasteiger partial charge on any atom is 0.503 e. The van der Waals surface area contributed by atoms with Crippen molar-refractivity contribution in [3.63, 3.8) is 0 Å². The molecule has 0 aliphatic carbocycles. The van der Waals surface area contributed by atoms with E-state index in [1.165, 1.54) is 0 Å². The van der Waals surface area contributed by atoms with Gasteiger partial charge in [-0.1, -0.05) is 0 Å². The smallest absolute Gasteiger partial charge is 0.450 e. The molecule has 4 N–H and O–H groups in total. The van der Waals surface area contributed by atoms with Crippen molar-refractivity contribution in [2.75, 3.05) is 13.2 Å². The number of alkyl halides is 6. The van der Waals surface area contributed by atoms with Gasteiger partial charge in [0.25, 0.3) is 0 Å². The lowest BCUT2D eigenvalue weighted by atomic mass is 10.7. The van der Waals surface area contributed by atoms with Crippen LogP contribution in [0.15, 0.2) is 0 Å². The molecule has 0 heterocycles. The Balaban J connectivity index is -0.000000162. The predicted molar refractivity (Wildman–Crippen MR) is 36.9 cm³/mol. The van der Waals surface area contributed by atoms with Crippen LogP contribution in [-0.4, -0.2) is 52.1 Å². The molecule has 0 aromatic heterocycles. The van der Waals surface area contributed by atoms with Gasteiger partial charge in [0.15, 0.2) is 0 Å². The van der Waals surface area contributed by atoms with Crippen molar-refractivity contribution in [1.29, 1.82) is 0 Å². The summed E-state index contributed by atoms with van der Waals surface area (Å²) in [5.74, 6) is 0. The average molecular weight is 262 g/mol. The summed E-state index contributed by atoms with van der Waals surface area (Å²) in [6.45, 7) is -3.46. The van der Waals surface area contributed by atoms with Crippen LogP contribution in [-0.2, 0) is 0 Å². The zero-order valence-corrected chi connectivity index (χ0v) is 7.38. The van der Waals surface area contributed by atoms with Gasteiger partial charge in [-0.15, -0.1) is 0 Å². The second-order valence-electron chi connectivity index (χ2n) is 1.83. The molecule has 5 nitrogen and oxygen atoms in total. The Morgan fingerprint density at radius 3 is 0.875 bits per heavy atom. The minimum Gasteiger partial charge on any atom is -0.450 e. The molecule has 0 radical (unpaired) electrons. The van der Waals surface area contributed by atoms with E-state index in [9.17, 15) is 26.3 Å². The van der Waals surface area contributed by atoms with Gasteiger partial charge >= 0.3 is 18.5 Å². The molecule has 0 atom stereocenters. The van der Waals surface area contributed by atoms with E-state index >= 15 is 0 Å². The molecular formula is C5H8F6O5. The second kappa shape index (κ2) is 9.03. The SMILES string of the molecule is O=C(O)O.OCC(F)(F)F.OCC(F)(F)F. The van der Waals surface area contributed by atoms with Gasteiger partial charge in [-0.2, -0.15) is 26.3 Å². The molecule has 16 heavy (non-hydrogen) atoms. The lowest BCUT2D eigenvalue weighted by Crippen LogP contribution is -2.12. The normalized spacial score (nSPS) is 10.5. The Morgan fingerprint density at radius 1 is 0.812 bits per heavy atom. The van der Waals surface area contributed by atoms with Crippen LogP contribution >= 0.6 is 0 Å². The van der Waals surface area contributed by atoms with Crippen LogP contribution in [0.3, 0.4) is 0 Å². The van der Waals surface area contributed by atoms with Gasteiger partial charge in [-0.3, -0.25) is 0 Å². The molecule has 0 bridgehead atoms. The minimum atomic E-state index is -4.40. The Labute approximate surface area is 84.5 Å². The predicted octanol–water partition coefficient (Wildman–Crippen LogP) is 1.30. The summed E-state index contributed by atoms with van der Waals surface area (Å²) < 4.78 is 63.2. The molecule has 0 aromatic rings. The third kappa shape index (κ3) is 77.8. The summed E-state index contributed by atoms with van der Waals surface area (Å²) in [5, 5.41) is 28.5. The number of rotatable bonds is 0. The summed E-state index contributed by atoms with van der Waals surface area (Å²) in [4.78, 5) is 8.56. The number of halogens is 6. The van der Waals surface area contributed by atoms with Gasteiger partial charge < -0.3 is 20.4 Å². The van der Waals surface area contributed by atoms with E-state index in [1.54, 1.807) is 0 Å². The van der Waals surface area contributed by atoms with Crippen molar-refractivity contribution in [2.45, 2.75) is 12.4 Å². The van der Waals surface area contributed by atoms with E-state index in [4.69, 9.17) is 25.2 Å². The van der Waals surface area contributed by atoms with Crippen molar-refractivity contribution in [2.24, 2.45) is 0 Å². The lowest BCUT2D eigenvalue weighted by molar-refractivity contribution is -0.160. The molecular weight excluding hydrogens is 254 g/mol. The molecule has 0 rings (SSSR count). The van der Waals surface area contributed by atoms with E-state index in [0.717, 1.165) is 0 Å². The molecule has 0 aliphatic heterocycles. The van der Waals surface area contributed by atoms with Crippen LogP contribution in [0.2, 0.25) is 0 Å². The van der Waals surface area contributed by atoms with E-state index < -0.39 is 31.7 Å². The standard InChI is InChI=1S/2C2H3F3O.CH2O3/c2*3-2(4,5)1-6;2-1(3)4/h2*6H,1H2;(H2,2,3,4). The van der Waals surface area contributed by atoms with Gasteiger partial charge in [-0.25, -0.2) is 4.79 Å². The van der Waals surface area contributed by atoms with Crippen molar-refractivity contribution < 1.29 is 51.6 Å². The fraction of sp³-hybridized carbons (Fsp3) is 0.800. The second-order valence-corrected chi connectivity index (χ2v) is 1.83. The third-order valence-electron chi connectivity index (χ3n) is 0.359. The molecule has 0 aromatic carbocycles. The molecule has 0 fully saturated rings. The highest BCUT2D eigenvalue weighted by molar-refractivity contribution is 5.53. The Morgan fingerprint density at radius 2 is 0.875 bits per heavy atom. The molecule has 0 aliphatic rings. The molecule has 0 saturated carbocycles. The fourth-order valence-corrected chi connectivity index (χ4v) is 0. The Hall–Kier alpha value is -1.23. The van der Waals surface area contributed by atoms with Crippen LogP contribution in [0.25, 0.3) is 0 Å². The first-order valence-corrected chi connectivity index (χ1v) is 3.12. The lowest BCUT2D eigenvalue weighted by Gasteiger charge is -1.95. The number of carboxylic acid groups (broad SMARTS) is 2. The van der Waals surface area contributed by atoms with Gasteiger partial charge in [0.2, 0.25) is 0 Å². The molecule has 11 heteroatoms. The third-order valence-corrected chi connectivity index (χ3v) is 0.359. The zero-order valence-electron chi connectivity index (χ0n) is 7.38. The minimum absolute atomic E-state index is 1.73. The molecule has 0 amide bonds. The van der Waals surface area contributed by atoms with Crippen LogP contribution in [0.5, 0.6) is 0 Å². The highest BCUT2D eigenvalue weighted by atomic mass is 19.4. The first-order chi connectivity index (χ1) is 6.85. The van der Waals surface area contributed by atoms with Crippen molar-refractivity contribution >= 4 is 6.16 Å². The first-order valence-electron chi connectivity index (χ1n) is 3.12. The van der Waals surface area contributed by atoms with E-state index in [2.05, 4.69) is 0 Å². The molecule has 0 spiro atoms. The number of carbonyl (C=O) groups is 1. The largest absolute Gasteiger partial charge is 0.503 e. The average Bonchev–Trinajstić information content (AvgIpc) is 2.02. The van der Waals surface area contributed by atoms with Crippen LogP contribution in [0, 0.1) is 0 Å². The monoisotopic (exact) mass is 262 g/mol. The Bertz CT molecular complexity index is 157. The fourth-order valence-electron chi connectivity index (χ4n) is 0. The first kappa shape index (κ1) is 20.2. The van der Waals surface area contributed by atoms with Crippen LogP contribution < -0.4 is 0 Å². The van der Waals surface area contributed by atoms with Crippen LogP contribution in [0.4, 0.5) is 31.1 Å². The summed E-state index contributed by atoms with van der Waals surface area (Å²) in [6.07, 6.45) is -10.6. The highest BCUT2D eigenvalue weighted by Crippen LogP contribution is 2.11. The van der Waals surface area contributed by atoms with Crippen LogP contribution in [0.1, 0.15) is 0 Å². The molecule has 100 valence electrons. The topological polar surface area (TPSA) is 98.0 Å². The van der Waals surface area contributed by atoms with E-state index in [-0.39, 0.29) is 0 Å². The zero-order chi connectivity index (χ0) is 14.0. The van der Waals surface area contributed by atoms with Gasteiger partial charge in [0.1, 0.15) is 13.2 Å². The quantitative estimate of drug-likeness (QED) is 0.493. The van der Waals surface area contributed by atoms with E-state index in [1.807, 2.05) is 0 Å². The summed E-state index contributed by atoms with van der Waals surface area (Å²) >= 11 is 0. The number of aliphatic hydroxyl groups excluding tert-OH is 2. The van der Waals surface area contributed by atoms with Crippen molar-refractivity contribution in [1.82, 2.24) is 0 Å². The van der Waals surface area contributed by atoms with Crippen molar-refractivity contribution in [3.05, 3.63) is 0 Å². The van der Waals surface area contributed by atoms with Crippen molar-refractivity contribution in [3.8, 4) is 0 Å². The maximum atomic E-state index is 10.5. The summed E-state index contributed by atoms with van der Waals surface area (Å²) in [5.41, 5.74) is 0. The Kier molecular flexibility index (Phi) is 11.4. The summed E-state index contributed by atoms with van der Waals surface area (Å²) in [7, 11) is 0. The molecule has 0 unspecified atom stereocenters. The number of hydrogen-bond acceptors (Lipinski definition) is 3. The number of hydrogen-bond donors (Lipinski definition) is 4. The molecule has 0 saturated heterocycles. The summed E-state index contributed by atoms with van der Waals surface area (Å²) in [6, 6.07) is 0. The van der Waals surface area contributed by atoms with Gasteiger partial charge in [0.05, 0.1) is 0 Å². The maximum absolute atomic E-state index is 10.5. The highest BCUT2D eigenvalue weighted by Gasteiger charge is 2.25. The van der Waals surface area contributed by atoms with E-state index in [0.29, 0.717) is 0 Å². The van der Waals surface area contributed by atoms with Gasteiger partial charge in [0, 0.05) is 0 Å². The van der Waals surface area contributed by atoms with Gasteiger partial charge in [-0.05, 0) is 0 Å².